The highest BCUT2D eigenvalue weighted by Crippen LogP contribution is 2.48. The number of carbonyl (C=O) groups excluding carboxylic acids is 1. The molecule has 4 rings (SSSR count). The van der Waals surface area contributed by atoms with E-state index in [0.29, 0.717) is 6.61 Å². The summed E-state index contributed by atoms with van der Waals surface area (Å²) in [4.78, 5) is 16.0. The number of rotatable bonds is 4. The largest absolute Gasteiger partial charge is 0.507 e. The van der Waals surface area contributed by atoms with Crippen LogP contribution in [0.5, 0.6) is 5.75 Å². The van der Waals surface area contributed by atoms with Gasteiger partial charge in [0.1, 0.15) is 5.75 Å². The molecule has 1 aliphatic rings. The number of aryl methyl sites for hydroxylation is 1. The van der Waals surface area contributed by atoms with E-state index in [4.69, 9.17) is 4.74 Å². The second kappa shape index (κ2) is 7.47. The topological polar surface area (TPSA) is 59.4 Å². The van der Waals surface area contributed by atoms with Crippen molar-refractivity contribution in [2.75, 3.05) is 6.61 Å². The van der Waals surface area contributed by atoms with Crippen molar-refractivity contribution in [2.45, 2.75) is 32.6 Å². The number of aromatic hydroxyl groups is 1. The van der Waals surface area contributed by atoms with Crippen LogP contribution in [-0.2, 0) is 22.4 Å². The number of hydrogen-bond donors (Lipinski definition) is 1. The van der Waals surface area contributed by atoms with E-state index in [1.54, 1.807) is 12.3 Å². The van der Waals surface area contributed by atoms with Crippen molar-refractivity contribution in [1.82, 2.24) is 4.98 Å². The molecule has 1 unspecified atom stereocenters. The quantitative estimate of drug-likeness (QED) is 0.662. The normalized spacial score (nSPS) is 14.9. The van der Waals surface area contributed by atoms with Gasteiger partial charge in [0.25, 0.3) is 0 Å². The molecule has 2 aromatic carbocycles. The SMILES string of the molecule is CCc1ccc(O)c2c1C(COC(C)=O)Cc1c(-c3ccccn3)cccc1-2. The molecular formula is C24H23NO3. The fourth-order valence-electron chi connectivity index (χ4n) is 4.22. The van der Waals surface area contributed by atoms with E-state index in [2.05, 4.69) is 24.0 Å². The maximum Gasteiger partial charge on any atom is 0.302 e. The molecule has 4 heteroatoms. The van der Waals surface area contributed by atoms with Crippen molar-refractivity contribution in [3.63, 3.8) is 0 Å². The molecule has 3 aromatic rings. The first-order valence-corrected chi connectivity index (χ1v) is 9.62. The first-order chi connectivity index (χ1) is 13.6. The lowest BCUT2D eigenvalue weighted by atomic mass is 9.74. The van der Waals surface area contributed by atoms with Gasteiger partial charge in [-0.15, -0.1) is 0 Å². The highest BCUT2D eigenvalue weighted by molar-refractivity contribution is 5.85. The van der Waals surface area contributed by atoms with Crippen LogP contribution in [0.25, 0.3) is 22.4 Å². The van der Waals surface area contributed by atoms with E-state index >= 15 is 0 Å². The standard InChI is InChI=1S/C24H23NO3/c1-3-16-10-11-22(27)24-19-8-6-7-18(21-9-4-5-12-25-21)20(19)13-17(23(16)24)14-28-15(2)26/h4-12,17,27H,3,13-14H2,1-2H3. The van der Waals surface area contributed by atoms with Crippen molar-refractivity contribution >= 4 is 5.97 Å². The predicted octanol–water partition coefficient (Wildman–Crippen LogP) is 4.89. The van der Waals surface area contributed by atoms with E-state index in [9.17, 15) is 9.90 Å². The Morgan fingerprint density at radius 1 is 1.14 bits per heavy atom. The first kappa shape index (κ1) is 18.2. The summed E-state index contributed by atoms with van der Waals surface area (Å²) in [6.07, 6.45) is 3.38. The predicted molar refractivity (Wildman–Crippen MR) is 109 cm³/mol. The number of carbonyl (C=O) groups is 1. The highest BCUT2D eigenvalue weighted by atomic mass is 16.5. The Balaban J connectivity index is 1.94. The van der Waals surface area contributed by atoms with Crippen LogP contribution in [0, 0.1) is 0 Å². The Hall–Kier alpha value is -3.14. The van der Waals surface area contributed by atoms with E-state index in [1.807, 2.05) is 30.3 Å². The lowest BCUT2D eigenvalue weighted by molar-refractivity contribution is -0.141. The van der Waals surface area contributed by atoms with Crippen LogP contribution in [0.3, 0.4) is 0 Å². The number of ether oxygens (including phenoxy) is 1. The summed E-state index contributed by atoms with van der Waals surface area (Å²) in [6.45, 7) is 3.84. The molecule has 0 amide bonds. The maximum atomic E-state index is 11.5. The molecule has 0 saturated heterocycles. The number of aromatic nitrogens is 1. The van der Waals surface area contributed by atoms with Crippen molar-refractivity contribution in [3.8, 4) is 28.1 Å². The van der Waals surface area contributed by atoms with Crippen LogP contribution >= 0.6 is 0 Å². The zero-order chi connectivity index (χ0) is 19.7. The molecule has 1 aliphatic carbocycles. The van der Waals surface area contributed by atoms with Gasteiger partial charge in [0, 0.05) is 30.2 Å². The molecule has 0 fully saturated rings. The lowest BCUT2D eigenvalue weighted by Gasteiger charge is -2.31. The minimum absolute atomic E-state index is 0.00156. The summed E-state index contributed by atoms with van der Waals surface area (Å²) < 4.78 is 5.40. The zero-order valence-electron chi connectivity index (χ0n) is 16.1. The zero-order valence-corrected chi connectivity index (χ0v) is 16.1. The second-order valence-corrected chi connectivity index (χ2v) is 7.14. The molecule has 0 radical (unpaired) electrons. The summed E-state index contributed by atoms with van der Waals surface area (Å²) in [5.74, 6) is -0.0268. The summed E-state index contributed by atoms with van der Waals surface area (Å²) >= 11 is 0. The Labute approximate surface area is 164 Å². The third kappa shape index (κ3) is 3.15. The number of esters is 1. The number of pyridine rings is 1. The molecule has 1 atom stereocenters. The van der Waals surface area contributed by atoms with Gasteiger partial charge in [-0.05, 0) is 53.3 Å². The van der Waals surface area contributed by atoms with Gasteiger partial charge in [-0.3, -0.25) is 9.78 Å². The van der Waals surface area contributed by atoms with Gasteiger partial charge >= 0.3 is 5.97 Å². The van der Waals surface area contributed by atoms with E-state index < -0.39 is 0 Å². The van der Waals surface area contributed by atoms with Crippen molar-refractivity contribution in [2.24, 2.45) is 0 Å². The number of benzene rings is 2. The maximum absolute atomic E-state index is 11.5. The molecule has 0 bridgehead atoms. The van der Waals surface area contributed by atoms with Gasteiger partial charge < -0.3 is 9.84 Å². The smallest absolute Gasteiger partial charge is 0.302 e. The molecule has 142 valence electrons. The number of fused-ring (bicyclic) bond motifs is 3. The number of nitrogens with zero attached hydrogens (tertiary/aromatic N) is 1. The Morgan fingerprint density at radius 3 is 2.68 bits per heavy atom. The number of phenolic OH excluding ortho intramolecular Hbond substituents is 1. The van der Waals surface area contributed by atoms with E-state index in [-0.39, 0.29) is 17.6 Å². The van der Waals surface area contributed by atoms with Crippen LogP contribution < -0.4 is 0 Å². The third-order valence-corrected chi connectivity index (χ3v) is 5.43. The van der Waals surface area contributed by atoms with Crippen molar-refractivity contribution < 1.29 is 14.6 Å². The first-order valence-electron chi connectivity index (χ1n) is 9.62. The third-order valence-electron chi connectivity index (χ3n) is 5.43. The van der Waals surface area contributed by atoms with Gasteiger partial charge in [-0.25, -0.2) is 0 Å². The molecule has 0 aliphatic heterocycles. The fraction of sp³-hybridized carbons (Fsp3) is 0.250. The number of hydrogen-bond acceptors (Lipinski definition) is 4. The lowest BCUT2D eigenvalue weighted by Crippen LogP contribution is -2.20. The monoisotopic (exact) mass is 373 g/mol. The minimum atomic E-state index is -0.288. The van der Waals surface area contributed by atoms with Crippen LogP contribution in [-0.4, -0.2) is 22.7 Å². The van der Waals surface area contributed by atoms with Crippen molar-refractivity contribution in [1.29, 1.82) is 0 Å². The van der Waals surface area contributed by atoms with E-state index in [0.717, 1.165) is 46.4 Å². The summed E-state index contributed by atoms with van der Waals surface area (Å²) in [7, 11) is 0. The summed E-state index contributed by atoms with van der Waals surface area (Å²) in [5.41, 5.74) is 7.25. The van der Waals surface area contributed by atoms with Gasteiger partial charge in [-0.1, -0.05) is 37.3 Å². The average Bonchev–Trinajstić information content (AvgIpc) is 2.72. The van der Waals surface area contributed by atoms with Gasteiger partial charge in [0.2, 0.25) is 0 Å². The highest BCUT2D eigenvalue weighted by Gasteiger charge is 2.31. The summed E-state index contributed by atoms with van der Waals surface area (Å²) in [5, 5.41) is 10.8. The van der Waals surface area contributed by atoms with E-state index in [1.165, 1.54) is 12.5 Å². The Kier molecular flexibility index (Phi) is 4.86. The summed E-state index contributed by atoms with van der Waals surface area (Å²) in [6, 6.07) is 15.7. The molecule has 4 nitrogen and oxygen atoms in total. The van der Waals surface area contributed by atoms with Crippen LogP contribution in [0.2, 0.25) is 0 Å². The molecule has 1 heterocycles. The van der Waals surface area contributed by atoms with Crippen LogP contribution in [0.1, 0.15) is 36.5 Å². The van der Waals surface area contributed by atoms with Crippen molar-refractivity contribution in [3.05, 3.63) is 71.4 Å². The minimum Gasteiger partial charge on any atom is -0.507 e. The molecular weight excluding hydrogens is 350 g/mol. The Bertz CT molecular complexity index is 1030. The van der Waals surface area contributed by atoms with Gasteiger partial charge in [-0.2, -0.15) is 0 Å². The molecule has 28 heavy (non-hydrogen) atoms. The van der Waals surface area contributed by atoms with Gasteiger partial charge in [0.05, 0.1) is 12.3 Å². The number of phenols is 1. The van der Waals surface area contributed by atoms with Crippen LogP contribution in [0.4, 0.5) is 0 Å². The van der Waals surface area contributed by atoms with Gasteiger partial charge in [0.15, 0.2) is 0 Å². The molecule has 1 aromatic heterocycles. The second-order valence-electron chi connectivity index (χ2n) is 7.14. The molecule has 0 spiro atoms. The molecule has 0 saturated carbocycles. The Morgan fingerprint density at radius 2 is 1.96 bits per heavy atom. The molecule has 1 N–H and O–H groups in total. The van der Waals surface area contributed by atoms with Crippen LogP contribution in [0.15, 0.2) is 54.7 Å². The average molecular weight is 373 g/mol. The fourth-order valence-corrected chi connectivity index (χ4v) is 4.22.